The number of rotatable bonds is 5. The van der Waals surface area contributed by atoms with Crippen LogP contribution < -0.4 is 5.32 Å². The molecular formula is C15H17NO3. The molecule has 4 nitrogen and oxygen atoms in total. The van der Waals surface area contributed by atoms with E-state index in [1.165, 1.54) is 6.08 Å². The van der Waals surface area contributed by atoms with E-state index in [4.69, 9.17) is 4.74 Å². The maximum absolute atomic E-state index is 11.6. The summed E-state index contributed by atoms with van der Waals surface area (Å²) in [6.45, 7) is 1.14. The third-order valence-electron chi connectivity index (χ3n) is 2.96. The van der Waals surface area contributed by atoms with Gasteiger partial charge in [-0.25, -0.2) is 0 Å². The van der Waals surface area contributed by atoms with Gasteiger partial charge in [-0.1, -0.05) is 36.4 Å². The number of amides is 1. The highest BCUT2D eigenvalue weighted by atomic mass is 16.5. The molecule has 0 aromatic heterocycles. The molecule has 1 saturated heterocycles. The van der Waals surface area contributed by atoms with E-state index >= 15 is 0 Å². The van der Waals surface area contributed by atoms with Crippen molar-refractivity contribution in [3.8, 4) is 0 Å². The Hall–Kier alpha value is -1.94. The fourth-order valence-corrected chi connectivity index (χ4v) is 1.91. The van der Waals surface area contributed by atoms with Crippen LogP contribution in [0.1, 0.15) is 18.4 Å². The van der Waals surface area contributed by atoms with Crippen LogP contribution in [0.4, 0.5) is 0 Å². The number of carbonyl (C=O) groups excluding carboxylic acids is 2. The summed E-state index contributed by atoms with van der Waals surface area (Å²) >= 11 is 0. The average Bonchev–Trinajstić information content (AvgIpc) is 2.96. The smallest absolute Gasteiger partial charge is 0.291 e. The normalized spacial score (nSPS) is 18.6. The molecule has 1 heterocycles. The molecule has 1 unspecified atom stereocenters. The second kappa shape index (κ2) is 6.85. The molecule has 0 saturated carbocycles. The van der Waals surface area contributed by atoms with E-state index in [-0.39, 0.29) is 6.10 Å². The summed E-state index contributed by atoms with van der Waals surface area (Å²) in [6, 6.07) is 9.39. The van der Waals surface area contributed by atoms with Crippen molar-refractivity contribution in [3.05, 3.63) is 42.0 Å². The second-order valence-electron chi connectivity index (χ2n) is 4.45. The molecule has 1 aliphatic heterocycles. The summed E-state index contributed by atoms with van der Waals surface area (Å²) in [6.07, 6.45) is 4.93. The molecule has 1 aromatic carbocycles. The highest BCUT2D eigenvalue weighted by Gasteiger charge is 2.17. The van der Waals surface area contributed by atoms with Crippen LogP contribution >= 0.6 is 0 Å². The Morgan fingerprint density at radius 2 is 2.11 bits per heavy atom. The topological polar surface area (TPSA) is 55.4 Å². The lowest BCUT2D eigenvalue weighted by atomic mass is 10.2. The molecule has 0 radical (unpaired) electrons. The van der Waals surface area contributed by atoms with Crippen molar-refractivity contribution in [2.24, 2.45) is 0 Å². The molecule has 1 amide bonds. The first kappa shape index (κ1) is 13.5. The van der Waals surface area contributed by atoms with E-state index in [2.05, 4.69) is 5.32 Å². The van der Waals surface area contributed by atoms with Crippen molar-refractivity contribution in [2.45, 2.75) is 18.9 Å². The number of nitrogens with one attached hydrogen (secondary N) is 1. The van der Waals surface area contributed by atoms with Gasteiger partial charge in [-0.05, 0) is 24.5 Å². The van der Waals surface area contributed by atoms with Crippen molar-refractivity contribution in [3.63, 3.8) is 0 Å². The minimum Gasteiger partial charge on any atom is -0.376 e. The Bertz CT molecular complexity index is 462. The van der Waals surface area contributed by atoms with E-state index in [1.807, 2.05) is 30.3 Å². The Labute approximate surface area is 112 Å². The lowest BCUT2D eigenvalue weighted by molar-refractivity contribution is -0.135. The summed E-state index contributed by atoms with van der Waals surface area (Å²) in [5, 5.41) is 2.60. The van der Waals surface area contributed by atoms with E-state index in [0.29, 0.717) is 6.54 Å². The minimum absolute atomic E-state index is 0.0508. The molecule has 19 heavy (non-hydrogen) atoms. The molecule has 1 fully saturated rings. The van der Waals surface area contributed by atoms with Crippen LogP contribution in [0.2, 0.25) is 0 Å². The lowest BCUT2D eigenvalue weighted by Gasteiger charge is -2.09. The second-order valence-corrected chi connectivity index (χ2v) is 4.45. The SMILES string of the molecule is O=C(/C=C/c1ccccc1)C(=O)NCC1CCCO1. The Morgan fingerprint density at radius 1 is 1.32 bits per heavy atom. The van der Waals surface area contributed by atoms with Crippen LogP contribution in [0.15, 0.2) is 36.4 Å². The van der Waals surface area contributed by atoms with Gasteiger partial charge < -0.3 is 10.1 Å². The summed E-state index contributed by atoms with van der Waals surface area (Å²) in [4.78, 5) is 23.1. The Balaban J connectivity index is 1.78. The quantitative estimate of drug-likeness (QED) is 0.645. The van der Waals surface area contributed by atoms with Gasteiger partial charge in [0.25, 0.3) is 5.91 Å². The van der Waals surface area contributed by atoms with Crippen LogP contribution in [0.3, 0.4) is 0 Å². The standard InChI is InChI=1S/C15H17NO3/c17-14(9-8-12-5-2-1-3-6-12)15(18)16-11-13-7-4-10-19-13/h1-3,5-6,8-9,13H,4,7,10-11H2,(H,16,18)/b9-8+. The fourth-order valence-electron chi connectivity index (χ4n) is 1.91. The molecule has 4 heteroatoms. The molecule has 100 valence electrons. The first-order chi connectivity index (χ1) is 9.25. The predicted octanol–water partition coefficient (Wildman–Crippen LogP) is 1.56. The molecule has 1 aromatic rings. The van der Waals surface area contributed by atoms with Crippen LogP contribution in [0.25, 0.3) is 6.08 Å². The van der Waals surface area contributed by atoms with Crippen molar-refractivity contribution < 1.29 is 14.3 Å². The van der Waals surface area contributed by atoms with Crippen molar-refractivity contribution in [2.75, 3.05) is 13.2 Å². The number of benzene rings is 1. The highest BCUT2D eigenvalue weighted by molar-refractivity contribution is 6.41. The largest absolute Gasteiger partial charge is 0.376 e. The van der Waals surface area contributed by atoms with Crippen molar-refractivity contribution >= 4 is 17.8 Å². The zero-order valence-electron chi connectivity index (χ0n) is 10.7. The van der Waals surface area contributed by atoms with Crippen molar-refractivity contribution in [1.82, 2.24) is 5.32 Å². The molecule has 0 bridgehead atoms. The third-order valence-corrected chi connectivity index (χ3v) is 2.96. The number of ether oxygens (including phenoxy) is 1. The van der Waals surface area contributed by atoms with Gasteiger partial charge in [0.1, 0.15) is 0 Å². The van der Waals surface area contributed by atoms with E-state index in [0.717, 1.165) is 25.0 Å². The first-order valence-corrected chi connectivity index (χ1v) is 6.42. The summed E-state index contributed by atoms with van der Waals surface area (Å²) in [5.74, 6) is -1.12. The lowest BCUT2D eigenvalue weighted by Crippen LogP contribution is -2.35. The monoisotopic (exact) mass is 259 g/mol. The van der Waals surface area contributed by atoms with Crippen LogP contribution in [0.5, 0.6) is 0 Å². The predicted molar refractivity (Wildman–Crippen MR) is 72.5 cm³/mol. The van der Waals surface area contributed by atoms with Gasteiger partial charge in [-0.3, -0.25) is 9.59 Å². The fraction of sp³-hybridized carbons (Fsp3) is 0.333. The summed E-state index contributed by atoms with van der Waals surface area (Å²) in [5.41, 5.74) is 0.891. The molecule has 0 spiro atoms. The maximum atomic E-state index is 11.6. The number of carbonyl (C=O) groups is 2. The van der Waals surface area contributed by atoms with E-state index in [1.54, 1.807) is 6.08 Å². The zero-order chi connectivity index (χ0) is 13.5. The van der Waals surface area contributed by atoms with Gasteiger partial charge in [0.2, 0.25) is 5.78 Å². The van der Waals surface area contributed by atoms with E-state index < -0.39 is 11.7 Å². The van der Waals surface area contributed by atoms with Crippen LogP contribution in [0, 0.1) is 0 Å². The number of ketones is 1. The van der Waals surface area contributed by atoms with Gasteiger partial charge in [-0.2, -0.15) is 0 Å². The van der Waals surface area contributed by atoms with Gasteiger partial charge in [-0.15, -0.1) is 0 Å². The number of hydrogen-bond donors (Lipinski definition) is 1. The van der Waals surface area contributed by atoms with Crippen LogP contribution in [-0.2, 0) is 14.3 Å². The first-order valence-electron chi connectivity index (χ1n) is 6.42. The maximum Gasteiger partial charge on any atom is 0.291 e. The third kappa shape index (κ3) is 4.34. The zero-order valence-corrected chi connectivity index (χ0v) is 10.7. The Kier molecular flexibility index (Phi) is 4.86. The van der Waals surface area contributed by atoms with E-state index in [9.17, 15) is 9.59 Å². The van der Waals surface area contributed by atoms with Gasteiger partial charge in [0, 0.05) is 13.2 Å². The molecule has 2 rings (SSSR count). The molecule has 1 aliphatic rings. The molecule has 0 aliphatic carbocycles. The van der Waals surface area contributed by atoms with Gasteiger partial charge in [0.15, 0.2) is 0 Å². The highest BCUT2D eigenvalue weighted by Crippen LogP contribution is 2.10. The summed E-state index contributed by atoms with van der Waals surface area (Å²) in [7, 11) is 0. The molecular weight excluding hydrogens is 242 g/mol. The Morgan fingerprint density at radius 3 is 2.79 bits per heavy atom. The molecule has 1 atom stereocenters. The average molecular weight is 259 g/mol. The summed E-state index contributed by atoms with van der Waals surface area (Å²) < 4.78 is 5.37. The van der Waals surface area contributed by atoms with Crippen LogP contribution in [-0.4, -0.2) is 30.9 Å². The number of hydrogen-bond acceptors (Lipinski definition) is 3. The van der Waals surface area contributed by atoms with Gasteiger partial charge >= 0.3 is 0 Å². The molecule has 1 N–H and O–H groups in total. The van der Waals surface area contributed by atoms with Crippen molar-refractivity contribution in [1.29, 1.82) is 0 Å². The van der Waals surface area contributed by atoms with Gasteiger partial charge in [0.05, 0.1) is 6.10 Å². The minimum atomic E-state index is -0.581.